The summed E-state index contributed by atoms with van der Waals surface area (Å²) >= 11 is 6.09. The number of benzene rings is 1. The average molecular weight is 197 g/mol. The van der Waals surface area contributed by atoms with Crippen LogP contribution in [0.3, 0.4) is 0 Å². The third kappa shape index (κ3) is 3.04. The van der Waals surface area contributed by atoms with Crippen LogP contribution in [-0.2, 0) is 6.42 Å². The maximum absolute atomic E-state index is 6.09. The molecule has 1 aromatic carbocycles. The molecular formula is C12H17Cl. The Bertz CT molecular complexity index is 264. The van der Waals surface area contributed by atoms with Gasteiger partial charge in [0.1, 0.15) is 0 Å². The smallest absolute Gasteiger partial charge is 0.0559 e. The summed E-state index contributed by atoms with van der Waals surface area (Å²) in [7, 11) is 0. The fourth-order valence-corrected chi connectivity index (χ4v) is 1.76. The van der Waals surface area contributed by atoms with Crippen LogP contribution in [0.1, 0.15) is 37.3 Å². The summed E-state index contributed by atoms with van der Waals surface area (Å²) < 4.78 is 0. The van der Waals surface area contributed by atoms with Gasteiger partial charge < -0.3 is 0 Å². The largest absolute Gasteiger partial charge is 0.118 e. The van der Waals surface area contributed by atoms with Gasteiger partial charge >= 0.3 is 0 Å². The molecule has 0 aliphatic carbocycles. The van der Waals surface area contributed by atoms with E-state index in [9.17, 15) is 0 Å². The molecule has 13 heavy (non-hydrogen) atoms. The Morgan fingerprint density at radius 1 is 1.15 bits per heavy atom. The zero-order valence-corrected chi connectivity index (χ0v) is 9.31. The molecule has 1 atom stereocenters. The van der Waals surface area contributed by atoms with Crippen molar-refractivity contribution in [3.05, 3.63) is 35.4 Å². The number of rotatable bonds is 3. The van der Waals surface area contributed by atoms with E-state index in [0.29, 0.717) is 5.92 Å². The molecule has 0 aliphatic rings. The van der Waals surface area contributed by atoms with Crippen molar-refractivity contribution < 1.29 is 0 Å². The van der Waals surface area contributed by atoms with Crippen molar-refractivity contribution in [3.63, 3.8) is 0 Å². The van der Waals surface area contributed by atoms with Gasteiger partial charge in [-0.2, -0.15) is 0 Å². The minimum atomic E-state index is 0.120. The standard InChI is InChI=1S/C12H17Cl/c1-9(2)8-11-6-4-5-7-12(11)10(3)13/h4-7,9-10H,8H2,1-3H3. The first-order valence-electron chi connectivity index (χ1n) is 4.83. The topological polar surface area (TPSA) is 0 Å². The summed E-state index contributed by atoms with van der Waals surface area (Å²) in [5, 5.41) is 0.120. The van der Waals surface area contributed by atoms with Gasteiger partial charge in [-0.15, -0.1) is 11.6 Å². The lowest BCUT2D eigenvalue weighted by molar-refractivity contribution is 0.642. The zero-order chi connectivity index (χ0) is 9.84. The van der Waals surface area contributed by atoms with E-state index in [1.807, 2.05) is 6.92 Å². The second-order valence-corrected chi connectivity index (χ2v) is 4.57. The van der Waals surface area contributed by atoms with Crippen LogP contribution >= 0.6 is 11.6 Å². The Morgan fingerprint density at radius 3 is 2.31 bits per heavy atom. The van der Waals surface area contributed by atoms with Gasteiger partial charge in [0, 0.05) is 0 Å². The summed E-state index contributed by atoms with van der Waals surface area (Å²) in [6.07, 6.45) is 1.12. The Labute approximate surface area is 85.9 Å². The molecule has 0 aromatic heterocycles. The molecule has 0 spiro atoms. The van der Waals surface area contributed by atoms with Crippen LogP contribution in [0.5, 0.6) is 0 Å². The SMILES string of the molecule is CC(C)Cc1ccccc1C(C)Cl. The lowest BCUT2D eigenvalue weighted by Crippen LogP contribution is -1.99. The number of hydrogen-bond donors (Lipinski definition) is 0. The molecule has 1 aromatic rings. The molecule has 0 saturated carbocycles. The molecule has 1 unspecified atom stereocenters. The highest BCUT2D eigenvalue weighted by Crippen LogP contribution is 2.24. The van der Waals surface area contributed by atoms with Crippen molar-refractivity contribution in [3.8, 4) is 0 Å². The molecule has 0 N–H and O–H groups in total. The van der Waals surface area contributed by atoms with Gasteiger partial charge in [-0.25, -0.2) is 0 Å². The quantitative estimate of drug-likeness (QED) is 0.637. The summed E-state index contributed by atoms with van der Waals surface area (Å²) in [4.78, 5) is 0. The van der Waals surface area contributed by atoms with Crippen LogP contribution in [0.15, 0.2) is 24.3 Å². The zero-order valence-electron chi connectivity index (χ0n) is 8.55. The van der Waals surface area contributed by atoms with E-state index in [-0.39, 0.29) is 5.38 Å². The van der Waals surface area contributed by atoms with Crippen LogP contribution in [0.2, 0.25) is 0 Å². The van der Waals surface area contributed by atoms with Crippen molar-refractivity contribution >= 4 is 11.6 Å². The van der Waals surface area contributed by atoms with Gasteiger partial charge in [-0.05, 0) is 30.4 Å². The van der Waals surface area contributed by atoms with Crippen molar-refractivity contribution in [2.45, 2.75) is 32.6 Å². The van der Waals surface area contributed by atoms with Gasteiger partial charge in [0.25, 0.3) is 0 Å². The second-order valence-electron chi connectivity index (χ2n) is 3.91. The fraction of sp³-hybridized carbons (Fsp3) is 0.500. The van der Waals surface area contributed by atoms with Crippen molar-refractivity contribution in [2.75, 3.05) is 0 Å². The Hall–Kier alpha value is -0.490. The van der Waals surface area contributed by atoms with Crippen molar-refractivity contribution in [1.29, 1.82) is 0 Å². The van der Waals surface area contributed by atoms with Crippen LogP contribution in [-0.4, -0.2) is 0 Å². The summed E-state index contributed by atoms with van der Waals surface area (Å²) in [5.41, 5.74) is 2.66. The van der Waals surface area contributed by atoms with Crippen molar-refractivity contribution in [2.24, 2.45) is 5.92 Å². The molecular weight excluding hydrogens is 180 g/mol. The molecule has 0 fully saturated rings. The molecule has 0 heterocycles. The molecule has 0 radical (unpaired) electrons. The van der Waals surface area contributed by atoms with Crippen molar-refractivity contribution in [1.82, 2.24) is 0 Å². The fourth-order valence-electron chi connectivity index (χ4n) is 1.55. The highest BCUT2D eigenvalue weighted by Gasteiger charge is 2.07. The Morgan fingerprint density at radius 2 is 1.77 bits per heavy atom. The van der Waals surface area contributed by atoms with Crippen LogP contribution in [0, 0.1) is 5.92 Å². The van der Waals surface area contributed by atoms with E-state index >= 15 is 0 Å². The van der Waals surface area contributed by atoms with E-state index in [0.717, 1.165) is 6.42 Å². The van der Waals surface area contributed by atoms with Crippen LogP contribution < -0.4 is 0 Å². The van der Waals surface area contributed by atoms with Gasteiger partial charge in [-0.1, -0.05) is 38.1 Å². The highest BCUT2D eigenvalue weighted by molar-refractivity contribution is 6.20. The van der Waals surface area contributed by atoms with Gasteiger partial charge in [0.15, 0.2) is 0 Å². The van der Waals surface area contributed by atoms with Crippen LogP contribution in [0.25, 0.3) is 0 Å². The molecule has 0 bridgehead atoms. The summed E-state index contributed by atoms with van der Waals surface area (Å²) in [5.74, 6) is 0.691. The Kier molecular flexibility index (Phi) is 3.80. The maximum Gasteiger partial charge on any atom is 0.0559 e. The van der Waals surface area contributed by atoms with E-state index < -0.39 is 0 Å². The predicted molar refractivity (Wildman–Crippen MR) is 59.3 cm³/mol. The second kappa shape index (κ2) is 4.66. The molecule has 0 aliphatic heterocycles. The molecule has 0 amide bonds. The van der Waals surface area contributed by atoms with Gasteiger partial charge in [-0.3, -0.25) is 0 Å². The first-order chi connectivity index (χ1) is 6.11. The van der Waals surface area contributed by atoms with E-state index in [2.05, 4.69) is 38.1 Å². The predicted octanol–water partition coefficient (Wildman–Crippen LogP) is 4.18. The Balaban J connectivity index is 2.91. The first-order valence-corrected chi connectivity index (χ1v) is 5.26. The van der Waals surface area contributed by atoms with E-state index in [4.69, 9.17) is 11.6 Å². The highest BCUT2D eigenvalue weighted by atomic mass is 35.5. The van der Waals surface area contributed by atoms with Gasteiger partial charge in [0.2, 0.25) is 0 Å². The van der Waals surface area contributed by atoms with Gasteiger partial charge in [0.05, 0.1) is 5.38 Å². The maximum atomic E-state index is 6.09. The third-order valence-corrected chi connectivity index (χ3v) is 2.35. The minimum Gasteiger partial charge on any atom is -0.118 e. The third-order valence-electron chi connectivity index (χ3n) is 2.11. The number of hydrogen-bond acceptors (Lipinski definition) is 0. The monoisotopic (exact) mass is 196 g/mol. The first kappa shape index (κ1) is 10.6. The summed E-state index contributed by atoms with van der Waals surface area (Å²) in [6.45, 7) is 6.49. The van der Waals surface area contributed by atoms with Crippen LogP contribution in [0.4, 0.5) is 0 Å². The number of alkyl halides is 1. The summed E-state index contributed by atoms with van der Waals surface area (Å²) in [6, 6.07) is 8.43. The molecule has 72 valence electrons. The van der Waals surface area contributed by atoms with E-state index in [1.165, 1.54) is 11.1 Å². The molecule has 0 saturated heterocycles. The van der Waals surface area contributed by atoms with E-state index in [1.54, 1.807) is 0 Å². The lowest BCUT2D eigenvalue weighted by atomic mass is 9.97. The number of halogens is 1. The molecule has 1 rings (SSSR count). The lowest BCUT2D eigenvalue weighted by Gasteiger charge is -2.12. The molecule has 0 nitrogen and oxygen atoms in total. The normalized spacial score (nSPS) is 13.3. The molecule has 1 heteroatoms. The minimum absolute atomic E-state index is 0.120. The average Bonchev–Trinajstić information content (AvgIpc) is 2.03.